The van der Waals surface area contributed by atoms with Crippen LogP contribution in [0.4, 0.5) is 0 Å². The fraction of sp³-hybridized carbons (Fsp3) is 0. The van der Waals surface area contributed by atoms with E-state index in [1.807, 2.05) is 24.3 Å². The molecular weight excluding hydrogens is 232 g/mol. The normalized spacial score (nSPS) is 10.7. The first-order valence-electron chi connectivity index (χ1n) is 5.24. The first kappa shape index (κ1) is 10.4. The highest BCUT2D eigenvalue weighted by molar-refractivity contribution is 5.85. The largest absolute Gasteiger partial charge is 0.476 e. The average Bonchev–Trinajstić information content (AvgIpc) is 2.87. The van der Waals surface area contributed by atoms with Gasteiger partial charge in [-0.3, -0.25) is 4.98 Å². The van der Waals surface area contributed by atoms with Gasteiger partial charge in [-0.25, -0.2) is 14.3 Å². The molecule has 0 amide bonds. The number of hydrogen-bond acceptors (Lipinski definition) is 4. The number of aromatic nitrogens is 4. The second-order valence-electron chi connectivity index (χ2n) is 3.67. The number of fused-ring (bicyclic) bond motifs is 1. The van der Waals surface area contributed by atoms with Crippen molar-refractivity contribution in [2.45, 2.75) is 0 Å². The Morgan fingerprint density at radius 1 is 1.22 bits per heavy atom. The van der Waals surface area contributed by atoms with E-state index in [-0.39, 0.29) is 5.69 Å². The first-order valence-corrected chi connectivity index (χ1v) is 5.24. The molecular formula is C12H8N4O2. The lowest BCUT2D eigenvalue weighted by molar-refractivity contribution is 0.0690. The molecule has 0 aliphatic carbocycles. The Bertz CT molecular complexity index is 736. The van der Waals surface area contributed by atoms with Crippen LogP contribution in [-0.4, -0.2) is 30.7 Å². The Balaban J connectivity index is 2.23. The highest BCUT2D eigenvalue weighted by Gasteiger charge is 2.10. The zero-order valence-corrected chi connectivity index (χ0v) is 9.19. The third-order valence-electron chi connectivity index (χ3n) is 2.54. The molecule has 3 rings (SSSR count). The van der Waals surface area contributed by atoms with E-state index >= 15 is 0 Å². The third kappa shape index (κ3) is 1.60. The monoisotopic (exact) mass is 240 g/mol. The summed E-state index contributed by atoms with van der Waals surface area (Å²) in [6, 6.07) is 7.44. The molecule has 0 atom stereocenters. The molecule has 3 heterocycles. The van der Waals surface area contributed by atoms with Crippen LogP contribution in [0, 0.1) is 0 Å². The lowest BCUT2D eigenvalue weighted by Crippen LogP contribution is -2.03. The summed E-state index contributed by atoms with van der Waals surface area (Å²) >= 11 is 0. The number of hydrogen-bond donors (Lipinski definition) is 1. The van der Waals surface area contributed by atoms with Crippen molar-refractivity contribution < 1.29 is 9.90 Å². The summed E-state index contributed by atoms with van der Waals surface area (Å²) in [4.78, 5) is 18.8. The second kappa shape index (κ2) is 3.92. The molecule has 0 spiro atoms. The van der Waals surface area contributed by atoms with Crippen LogP contribution in [0.1, 0.15) is 10.5 Å². The highest BCUT2D eigenvalue weighted by Crippen LogP contribution is 2.17. The molecule has 0 bridgehead atoms. The maximum absolute atomic E-state index is 10.9. The lowest BCUT2D eigenvalue weighted by Gasteiger charge is -2.04. The van der Waals surface area contributed by atoms with Crippen molar-refractivity contribution in [3.8, 4) is 11.4 Å². The zero-order valence-electron chi connectivity index (χ0n) is 9.19. The first-order chi connectivity index (χ1) is 8.75. The second-order valence-corrected chi connectivity index (χ2v) is 3.67. The summed E-state index contributed by atoms with van der Waals surface area (Å²) in [7, 11) is 0. The van der Waals surface area contributed by atoms with Crippen molar-refractivity contribution in [1.82, 2.24) is 19.6 Å². The summed E-state index contributed by atoms with van der Waals surface area (Å²) < 4.78 is 1.69. The molecule has 3 aromatic rings. The number of pyridine rings is 1. The number of carbonyl (C=O) groups is 1. The number of carboxylic acid groups (broad SMARTS) is 1. The number of aromatic carboxylic acids is 1. The van der Waals surface area contributed by atoms with Crippen molar-refractivity contribution in [1.29, 1.82) is 0 Å². The number of nitrogens with zero attached hydrogens (tertiary/aromatic N) is 4. The van der Waals surface area contributed by atoms with Gasteiger partial charge in [-0.2, -0.15) is 5.10 Å². The van der Waals surface area contributed by atoms with E-state index < -0.39 is 5.97 Å². The molecule has 18 heavy (non-hydrogen) atoms. The van der Waals surface area contributed by atoms with Gasteiger partial charge in [0.1, 0.15) is 5.69 Å². The van der Waals surface area contributed by atoms with Gasteiger partial charge in [-0.05, 0) is 18.2 Å². The fourth-order valence-corrected chi connectivity index (χ4v) is 1.74. The summed E-state index contributed by atoms with van der Waals surface area (Å²) in [5.74, 6) is -1.10. The maximum atomic E-state index is 10.9. The molecule has 6 nitrogen and oxygen atoms in total. The quantitative estimate of drug-likeness (QED) is 0.734. The number of rotatable bonds is 2. The van der Waals surface area contributed by atoms with E-state index in [2.05, 4.69) is 15.1 Å². The average molecular weight is 240 g/mol. The minimum absolute atomic E-state index is 0.0864. The molecule has 0 saturated carbocycles. The fourth-order valence-electron chi connectivity index (χ4n) is 1.74. The molecule has 0 aromatic carbocycles. The summed E-state index contributed by atoms with van der Waals surface area (Å²) in [5.41, 5.74) is 2.00. The van der Waals surface area contributed by atoms with Crippen LogP contribution in [0.3, 0.4) is 0 Å². The van der Waals surface area contributed by atoms with Gasteiger partial charge < -0.3 is 5.11 Å². The Morgan fingerprint density at radius 3 is 2.94 bits per heavy atom. The van der Waals surface area contributed by atoms with E-state index in [1.54, 1.807) is 10.7 Å². The van der Waals surface area contributed by atoms with Gasteiger partial charge in [-0.1, -0.05) is 6.07 Å². The summed E-state index contributed by atoms with van der Waals surface area (Å²) in [6.07, 6.45) is 4.41. The van der Waals surface area contributed by atoms with Crippen LogP contribution >= 0.6 is 0 Å². The number of carboxylic acids is 1. The van der Waals surface area contributed by atoms with E-state index in [0.29, 0.717) is 11.4 Å². The molecule has 3 aromatic heterocycles. The summed E-state index contributed by atoms with van der Waals surface area (Å²) in [5, 5.41) is 13.1. The standard InChI is InChI=1S/C12H8N4O2/c17-12(18)10-7-13-6-9(15-10)11-3-1-2-8-4-5-14-16(8)11/h1-7H,(H,17,18). The van der Waals surface area contributed by atoms with E-state index in [0.717, 1.165) is 5.52 Å². The van der Waals surface area contributed by atoms with Crippen molar-refractivity contribution in [2.24, 2.45) is 0 Å². The molecule has 6 heteroatoms. The molecule has 0 fully saturated rings. The molecule has 0 aliphatic heterocycles. The molecule has 0 radical (unpaired) electrons. The Morgan fingerprint density at radius 2 is 2.11 bits per heavy atom. The molecule has 0 unspecified atom stereocenters. The smallest absolute Gasteiger partial charge is 0.356 e. The molecule has 0 saturated heterocycles. The van der Waals surface area contributed by atoms with Gasteiger partial charge >= 0.3 is 5.97 Å². The van der Waals surface area contributed by atoms with Gasteiger partial charge in [0.15, 0.2) is 5.69 Å². The predicted octanol–water partition coefficient (Wildman–Crippen LogP) is 1.49. The van der Waals surface area contributed by atoms with Crippen LogP contribution in [0.15, 0.2) is 42.9 Å². The van der Waals surface area contributed by atoms with Crippen molar-refractivity contribution >= 4 is 11.5 Å². The summed E-state index contributed by atoms with van der Waals surface area (Å²) in [6.45, 7) is 0. The predicted molar refractivity (Wildman–Crippen MR) is 63.2 cm³/mol. The Kier molecular flexibility index (Phi) is 2.26. The van der Waals surface area contributed by atoms with Gasteiger partial charge in [0.25, 0.3) is 0 Å². The Hall–Kier alpha value is -2.76. The molecule has 1 N–H and O–H groups in total. The van der Waals surface area contributed by atoms with Crippen LogP contribution in [0.2, 0.25) is 0 Å². The minimum Gasteiger partial charge on any atom is -0.476 e. The highest BCUT2D eigenvalue weighted by atomic mass is 16.4. The van der Waals surface area contributed by atoms with Gasteiger partial charge in [0, 0.05) is 0 Å². The van der Waals surface area contributed by atoms with Crippen molar-refractivity contribution in [3.63, 3.8) is 0 Å². The minimum atomic E-state index is -1.10. The van der Waals surface area contributed by atoms with Crippen LogP contribution in [-0.2, 0) is 0 Å². The van der Waals surface area contributed by atoms with Gasteiger partial charge in [0.2, 0.25) is 0 Å². The maximum Gasteiger partial charge on any atom is 0.356 e. The topological polar surface area (TPSA) is 80.4 Å². The molecule has 88 valence electrons. The van der Waals surface area contributed by atoms with Crippen LogP contribution in [0.25, 0.3) is 16.9 Å². The Labute approximate surface area is 102 Å². The van der Waals surface area contributed by atoms with Gasteiger partial charge in [0.05, 0.1) is 29.8 Å². The van der Waals surface area contributed by atoms with Gasteiger partial charge in [-0.15, -0.1) is 0 Å². The molecule has 0 aliphatic rings. The van der Waals surface area contributed by atoms with Crippen LogP contribution in [0.5, 0.6) is 0 Å². The lowest BCUT2D eigenvalue weighted by atomic mass is 10.2. The third-order valence-corrected chi connectivity index (χ3v) is 2.54. The van der Waals surface area contributed by atoms with E-state index in [9.17, 15) is 4.79 Å². The van der Waals surface area contributed by atoms with E-state index in [1.165, 1.54) is 12.4 Å². The zero-order chi connectivity index (χ0) is 12.5. The van der Waals surface area contributed by atoms with Crippen LogP contribution < -0.4 is 0 Å². The SMILES string of the molecule is O=C(O)c1cncc(-c2cccc3ccnn23)n1. The van der Waals surface area contributed by atoms with Crippen molar-refractivity contribution in [2.75, 3.05) is 0 Å². The van der Waals surface area contributed by atoms with Crippen molar-refractivity contribution in [3.05, 3.63) is 48.5 Å². The van der Waals surface area contributed by atoms with E-state index in [4.69, 9.17) is 5.11 Å².